The highest BCUT2D eigenvalue weighted by molar-refractivity contribution is 5.32. The van der Waals surface area contributed by atoms with Gasteiger partial charge < -0.3 is 4.74 Å². The third-order valence-corrected chi connectivity index (χ3v) is 4.46. The van der Waals surface area contributed by atoms with Gasteiger partial charge in [0.25, 0.3) is 0 Å². The largest absolute Gasteiger partial charge is 0.494 e. The highest BCUT2D eigenvalue weighted by atomic mass is 16.5. The lowest BCUT2D eigenvalue weighted by atomic mass is 9.90. The second-order valence-corrected chi connectivity index (χ2v) is 6.61. The molecule has 0 N–H and O–H groups in total. The summed E-state index contributed by atoms with van der Waals surface area (Å²) in [7, 11) is 0. The Labute approximate surface area is 122 Å². The van der Waals surface area contributed by atoms with E-state index in [4.69, 9.17) is 4.74 Å². The Bertz CT molecular complexity index is 441. The molecule has 0 unspecified atom stereocenters. The van der Waals surface area contributed by atoms with Gasteiger partial charge >= 0.3 is 0 Å². The van der Waals surface area contributed by atoms with Gasteiger partial charge in [-0.3, -0.25) is 0 Å². The second-order valence-electron chi connectivity index (χ2n) is 6.61. The fourth-order valence-corrected chi connectivity index (χ4v) is 2.93. The van der Waals surface area contributed by atoms with E-state index in [1.165, 1.54) is 5.06 Å². The average molecular weight is 276 g/mol. The number of ether oxygens (including phenoxy) is 1. The third-order valence-electron chi connectivity index (χ3n) is 4.46. The molecular weight excluding hydrogens is 250 g/mol. The van der Waals surface area contributed by atoms with Crippen LogP contribution in [0.15, 0.2) is 24.3 Å². The Kier molecular flexibility index (Phi) is 4.40. The highest BCUT2D eigenvalue weighted by Gasteiger charge is 2.49. The van der Waals surface area contributed by atoms with E-state index >= 15 is 0 Å². The molecule has 111 valence electrons. The van der Waals surface area contributed by atoms with Gasteiger partial charge in [0.05, 0.1) is 12.1 Å². The van der Waals surface area contributed by atoms with E-state index in [9.17, 15) is 5.21 Å². The second kappa shape index (κ2) is 5.74. The van der Waals surface area contributed by atoms with Gasteiger partial charge in [0.1, 0.15) is 5.75 Å². The Morgan fingerprint density at radius 2 is 1.80 bits per heavy atom. The van der Waals surface area contributed by atoms with Crippen LogP contribution in [0.1, 0.15) is 58.9 Å². The molecule has 1 aromatic rings. The van der Waals surface area contributed by atoms with Gasteiger partial charge in [-0.05, 0) is 57.7 Å². The lowest BCUT2D eigenvalue weighted by Crippen LogP contribution is -2.44. The molecule has 1 fully saturated rings. The number of unbranched alkanes of at least 4 members (excludes halogenated alkanes) is 1. The van der Waals surface area contributed by atoms with Gasteiger partial charge in [0.15, 0.2) is 0 Å². The Hall–Kier alpha value is -1.06. The van der Waals surface area contributed by atoms with Crippen LogP contribution >= 0.6 is 0 Å². The van der Waals surface area contributed by atoms with E-state index in [-0.39, 0.29) is 5.54 Å². The van der Waals surface area contributed by atoms with Gasteiger partial charge in [0.2, 0.25) is 0 Å². The van der Waals surface area contributed by atoms with Crippen LogP contribution < -0.4 is 4.74 Å². The summed E-state index contributed by atoms with van der Waals surface area (Å²) >= 11 is 0. The molecule has 2 rings (SSSR count). The molecule has 3 heteroatoms. The van der Waals surface area contributed by atoms with Crippen molar-refractivity contribution in [3.8, 4) is 5.75 Å². The number of nitrogens with zero attached hydrogens (tertiary/aromatic N) is 1. The molecule has 0 saturated carbocycles. The minimum atomic E-state index is -0.411. The van der Waals surface area contributed by atoms with Crippen LogP contribution in [0.25, 0.3) is 0 Å². The van der Waals surface area contributed by atoms with E-state index < -0.39 is 5.54 Å². The highest BCUT2D eigenvalue weighted by Crippen LogP contribution is 2.46. The molecule has 3 nitrogen and oxygen atoms in total. The SMILES string of the molecule is CCCCOc1ccc([C@]2(C)CCC(C)(C)N2[O])cc1. The van der Waals surface area contributed by atoms with Gasteiger partial charge in [-0.2, -0.15) is 0 Å². The number of rotatable bonds is 5. The smallest absolute Gasteiger partial charge is 0.119 e. The van der Waals surface area contributed by atoms with Gasteiger partial charge in [-0.25, -0.2) is 0 Å². The molecule has 20 heavy (non-hydrogen) atoms. The van der Waals surface area contributed by atoms with Gasteiger partial charge in [0, 0.05) is 5.54 Å². The average Bonchev–Trinajstić information content (AvgIpc) is 2.65. The Balaban J connectivity index is 2.10. The molecule has 0 aromatic heterocycles. The quantitative estimate of drug-likeness (QED) is 0.751. The molecule has 1 atom stereocenters. The predicted molar refractivity (Wildman–Crippen MR) is 80.0 cm³/mol. The first-order chi connectivity index (χ1) is 9.40. The number of hydrogen-bond donors (Lipinski definition) is 0. The van der Waals surface area contributed by atoms with Crippen LogP contribution in [0.5, 0.6) is 5.75 Å². The van der Waals surface area contributed by atoms with Crippen molar-refractivity contribution in [2.24, 2.45) is 0 Å². The summed E-state index contributed by atoms with van der Waals surface area (Å²) in [5.41, 5.74) is 0.400. The van der Waals surface area contributed by atoms with Crippen LogP contribution in [0, 0.1) is 0 Å². The summed E-state index contributed by atoms with van der Waals surface area (Å²) in [5.74, 6) is 0.889. The van der Waals surface area contributed by atoms with E-state index in [1.54, 1.807) is 0 Å². The lowest BCUT2D eigenvalue weighted by Gasteiger charge is -2.35. The lowest BCUT2D eigenvalue weighted by molar-refractivity contribution is -0.252. The topological polar surface area (TPSA) is 32.4 Å². The van der Waals surface area contributed by atoms with E-state index in [0.29, 0.717) is 0 Å². The van der Waals surface area contributed by atoms with Crippen molar-refractivity contribution in [1.82, 2.24) is 5.06 Å². The fourth-order valence-electron chi connectivity index (χ4n) is 2.93. The maximum absolute atomic E-state index is 12.5. The van der Waals surface area contributed by atoms with Crippen molar-refractivity contribution in [1.29, 1.82) is 0 Å². The zero-order valence-corrected chi connectivity index (χ0v) is 13.1. The van der Waals surface area contributed by atoms with Gasteiger partial charge in [-0.1, -0.05) is 25.5 Å². The van der Waals surface area contributed by atoms with Crippen LogP contribution in [0.3, 0.4) is 0 Å². The molecule has 1 heterocycles. The van der Waals surface area contributed by atoms with Crippen LogP contribution in [-0.4, -0.2) is 17.2 Å². The van der Waals surface area contributed by atoms with Crippen molar-refractivity contribution >= 4 is 0 Å². The predicted octanol–water partition coefficient (Wildman–Crippen LogP) is 4.30. The fraction of sp³-hybridized carbons (Fsp3) is 0.647. The molecule has 0 aliphatic carbocycles. The minimum Gasteiger partial charge on any atom is -0.494 e. The standard InChI is InChI=1S/C17H26NO2/c1-5-6-13-20-15-9-7-14(8-10-15)17(4)12-11-16(2,3)18(17)19/h7-10H,5-6,11-13H2,1-4H3/t17-/m0/s1. The van der Waals surface area contributed by atoms with Crippen molar-refractivity contribution in [3.05, 3.63) is 29.8 Å². The van der Waals surface area contributed by atoms with Crippen LogP contribution in [-0.2, 0) is 10.7 Å². The molecule has 1 radical (unpaired) electrons. The van der Waals surface area contributed by atoms with Crippen molar-refractivity contribution in [3.63, 3.8) is 0 Å². The first-order valence-electron chi connectivity index (χ1n) is 7.61. The number of hydroxylamine groups is 2. The summed E-state index contributed by atoms with van der Waals surface area (Å²) < 4.78 is 5.67. The molecule has 1 aliphatic rings. The maximum Gasteiger partial charge on any atom is 0.119 e. The first-order valence-corrected chi connectivity index (χ1v) is 7.61. The minimum absolute atomic E-state index is 0.273. The monoisotopic (exact) mass is 276 g/mol. The molecule has 1 saturated heterocycles. The van der Waals surface area contributed by atoms with E-state index in [1.807, 2.05) is 45.0 Å². The molecule has 1 aromatic carbocycles. The molecule has 1 aliphatic heterocycles. The zero-order valence-electron chi connectivity index (χ0n) is 13.1. The third kappa shape index (κ3) is 2.84. The number of benzene rings is 1. The molecule has 0 bridgehead atoms. The normalized spacial score (nSPS) is 25.9. The summed E-state index contributed by atoms with van der Waals surface area (Å²) in [6, 6.07) is 8.03. The van der Waals surface area contributed by atoms with Crippen molar-refractivity contribution < 1.29 is 9.94 Å². The maximum atomic E-state index is 12.5. The first kappa shape index (κ1) is 15.3. The van der Waals surface area contributed by atoms with E-state index in [2.05, 4.69) is 6.92 Å². The van der Waals surface area contributed by atoms with Crippen LogP contribution in [0.4, 0.5) is 0 Å². The Morgan fingerprint density at radius 3 is 2.30 bits per heavy atom. The molecular formula is C17H26NO2. The summed E-state index contributed by atoms with van der Waals surface area (Å²) in [6.07, 6.45) is 4.04. The molecule has 0 amide bonds. The van der Waals surface area contributed by atoms with Crippen molar-refractivity contribution in [2.45, 2.75) is 64.5 Å². The summed E-state index contributed by atoms with van der Waals surface area (Å²) in [6.45, 7) is 8.99. The van der Waals surface area contributed by atoms with Crippen molar-refractivity contribution in [2.75, 3.05) is 6.61 Å². The van der Waals surface area contributed by atoms with Crippen LogP contribution in [0.2, 0.25) is 0 Å². The zero-order chi connectivity index (χ0) is 14.8. The number of hydrogen-bond acceptors (Lipinski definition) is 2. The summed E-state index contributed by atoms with van der Waals surface area (Å²) in [5, 5.41) is 13.8. The van der Waals surface area contributed by atoms with E-state index in [0.717, 1.165) is 43.6 Å². The molecule has 0 spiro atoms. The summed E-state index contributed by atoms with van der Waals surface area (Å²) in [4.78, 5) is 0. The van der Waals surface area contributed by atoms with Gasteiger partial charge in [-0.15, -0.1) is 10.3 Å². The Morgan fingerprint density at radius 1 is 1.15 bits per heavy atom.